The van der Waals surface area contributed by atoms with Crippen molar-refractivity contribution in [2.45, 2.75) is 26.3 Å². The second kappa shape index (κ2) is 6.74. The first-order valence-corrected chi connectivity index (χ1v) is 8.05. The number of aryl methyl sites for hydroxylation is 2. The van der Waals surface area contributed by atoms with E-state index in [0.29, 0.717) is 18.7 Å². The highest BCUT2D eigenvalue weighted by molar-refractivity contribution is 6.02. The van der Waals surface area contributed by atoms with E-state index >= 15 is 0 Å². The molecule has 1 aliphatic heterocycles. The zero-order valence-electron chi connectivity index (χ0n) is 13.9. The molecule has 5 nitrogen and oxygen atoms in total. The summed E-state index contributed by atoms with van der Waals surface area (Å²) in [4.78, 5) is 26.4. The molecule has 0 saturated carbocycles. The third kappa shape index (κ3) is 3.56. The minimum atomic E-state index is -0.490. The van der Waals surface area contributed by atoms with Crippen molar-refractivity contribution in [3.8, 4) is 0 Å². The Morgan fingerprint density at radius 2 is 1.83 bits per heavy atom. The summed E-state index contributed by atoms with van der Waals surface area (Å²) in [7, 11) is 0. The Kier molecular flexibility index (Phi) is 4.51. The summed E-state index contributed by atoms with van der Waals surface area (Å²) in [5.74, 6) is -0.0711. The number of carbonyl (C=O) groups is 2. The van der Waals surface area contributed by atoms with E-state index in [1.54, 1.807) is 4.90 Å². The second-order valence-electron chi connectivity index (χ2n) is 6.13. The smallest absolute Gasteiger partial charge is 0.319 e. The van der Waals surface area contributed by atoms with Gasteiger partial charge in [-0.15, -0.1) is 0 Å². The molecule has 3 amide bonds. The van der Waals surface area contributed by atoms with Crippen LogP contribution in [-0.2, 0) is 4.79 Å². The highest BCUT2D eigenvalue weighted by Crippen LogP contribution is 2.22. The van der Waals surface area contributed by atoms with Crippen LogP contribution >= 0.6 is 0 Å². The third-order valence-corrected chi connectivity index (χ3v) is 4.13. The molecule has 0 bridgehead atoms. The number of urea groups is 1. The molecule has 5 heteroatoms. The van der Waals surface area contributed by atoms with Gasteiger partial charge in [0.2, 0.25) is 5.91 Å². The van der Waals surface area contributed by atoms with Gasteiger partial charge in [0.25, 0.3) is 0 Å². The minimum Gasteiger partial charge on any atom is -0.326 e. The molecule has 1 saturated heterocycles. The molecule has 1 fully saturated rings. The van der Waals surface area contributed by atoms with Crippen molar-refractivity contribution in [3.05, 3.63) is 59.7 Å². The number of nitrogens with one attached hydrogen (secondary N) is 2. The number of benzene rings is 2. The van der Waals surface area contributed by atoms with Gasteiger partial charge in [0.1, 0.15) is 6.04 Å². The molecule has 2 aromatic rings. The van der Waals surface area contributed by atoms with E-state index < -0.39 is 6.04 Å². The minimum absolute atomic E-state index is 0.0711. The summed E-state index contributed by atoms with van der Waals surface area (Å²) in [6.07, 6.45) is 0.605. The van der Waals surface area contributed by atoms with Crippen molar-refractivity contribution in [1.82, 2.24) is 5.32 Å². The Morgan fingerprint density at radius 1 is 1.08 bits per heavy atom. The van der Waals surface area contributed by atoms with Crippen LogP contribution in [0, 0.1) is 13.8 Å². The number of amides is 3. The summed E-state index contributed by atoms with van der Waals surface area (Å²) < 4.78 is 0. The molecule has 0 spiro atoms. The summed E-state index contributed by atoms with van der Waals surface area (Å²) in [5.41, 5.74) is 3.80. The van der Waals surface area contributed by atoms with Crippen molar-refractivity contribution in [2.24, 2.45) is 0 Å². The van der Waals surface area contributed by atoms with E-state index in [4.69, 9.17) is 0 Å². The van der Waals surface area contributed by atoms with E-state index in [1.165, 1.54) is 0 Å². The van der Waals surface area contributed by atoms with E-state index in [-0.39, 0.29) is 11.9 Å². The van der Waals surface area contributed by atoms with Gasteiger partial charge in [-0.3, -0.25) is 4.79 Å². The van der Waals surface area contributed by atoms with Gasteiger partial charge in [0.15, 0.2) is 0 Å². The van der Waals surface area contributed by atoms with Gasteiger partial charge < -0.3 is 15.5 Å². The van der Waals surface area contributed by atoms with Crippen LogP contribution in [0.2, 0.25) is 0 Å². The second-order valence-corrected chi connectivity index (χ2v) is 6.13. The quantitative estimate of drug-likeness (QED) is 0.911. The van der Waals surface area contributed by atoms with Crippen LogP contribution in [0.4, 0.5) is 16.2 Å². The summed E-state index contributed by atoms with van der Waals surface area (Å²) in [5, 5.41) is 5.54. The maximum absolute atomic E-state index is 12.5. The van der Waals surface area contributed by atoms with Crippen molar-refractivity contribution in [1.29, 1.82) is 0 Å². The zero-order chi connectivity index (χ0) is 17.1. The highest BCUT2D eigenvalue weighted by Gasteiger charge is 2.33. The highest BCUT2D eigenvalue weighted by atomic mass is 16.2. The van der Waals surface area contributed by atoms with Crippen molar-refractivity contribution < 1.29 is 9.59 Å². The Balaban J connectivity index is 1.61. The first-order valence-electron chi connectivity index (χ1n) is 8.05. The Hall–Kier alpha value is -2.82. The van der Waals surface area contributed by atoms with E-state index in [9.17, 15) is 9.59 Å². The summed E-state index contributed by atoms with van der Waals surface area (Å²) >= 11 is 0. The van der Waals surface area contributed by atoms with E-state index in [1.807, 2.05) is 62.4 Å². The van der Waals surface area contributed by atoms with Gasteiger partial charge in [-0.05, 0) is 50.1 Å². The fraction of sp³-hybridized carbons (Fsp3) is 0.263. The fourth-order valence-electron chi connectivity index (χ4n) is 2.84. The van der Waals surface area contributed by atoms with Crippen LogP contribution in [-0.4, -0.2) is 24.5 Å². The standard InChI is InChI=1S/C19H21N3O2/c1-13-6-8-16(9-7-13)22-11-10-17(18(22)23)21-19(24)20-15-5-3-4-14(2)12-15/h3-9,12,17H,10-11H2,1-2H3,(H2,20,21,24)/t17-/m0/s1. The van der Waals surface area contributed by atoms with Crippen LogP contribution in [0.3, 0.4) is 0 Å². The van der Waals surface area contributed by atoms with Gasteiger partial charge in [-0.25, -0.2) is 4.79 Å². The van der Waals surface area contributed by atoms with Crippen LogP contribution in [0.5, 0.6) is 0 Å². The van der Waals surface area contributed by atoms with Crippen LogP contribution in [0.25, 0.3) is 0 Å². The molecular formula is C19H21N3O2. The first-order chi connectivity index (χ1) is 11.5. The predicted molar refractivity (Wildman–Crippen MR) is 95.3 cm³/mol. The van der Waals surface area contributed by atoms with Crippen LogP contribution in [0.1, 0.15) is 17.5 Å². The largest absolute Gasteiger partial charge is 0.326 e. The van der Waals surface area contributed by atoms with Crippen LogP contribution in [0.15, 0.2) is 48.5 Å². The summed E-state index contributed by atoms with van der Waals surface area (Å²) in [6, 6.07) is 14.5. The Bertz CT molecular complexity index is 755. The molecule has 1 heterocycles. The first kappa shape index (κ1) is 16.1. The van der Waals surface area contributed by atoms with Gasteiger partial charge >= 0.3 is 6.03 Å². The number of nitrogens with zero attached hydrogens (tertiary/aromatic N) is 1. The molecule has 0 radical (unpaired) electrons. The average Bonchev–Trinajstić information content (AvgIpc) is 2.89. The van der Waals surface area contributed by atoms with Gasteiger partial charge in [-0.2, -0.15) is 0 Å². The number of carbonyl (C=O) groups excluding carboxylic acids is 2. The van der Waals surface area contributed by atoms with E-state index in [2.05, 4.69) is 10.6 Å². The Morgan fingerprint density at radius 3 is 2.54 bits per heavy atom. The molecule has 1 atom stereocenters. The average molecular weight is 323 g/mol. The fourth-order valence-corrected chi connectivity index (χ4v) is 2.84. The van der Waals surface area contributed by atoms with Crippen molar-refractivity contribution in [2.75, 3.05) is 16.8 Å². The molecule has 2 N–H and O–H groups in total. The molecule has 24 heavy (non-hydrogen) atoms. The van der Waals surface area contributed by atoms with Crippen LogP contribution < -0.4 is 15.5 Å². The zero-order valence-corrected chi connectivity index (χ0v) is 13.9. The number of rotatable bonds is 3. The molecule has 2 aromatic carbocycles. The monoisotopic (exact) mass is 323 g/mol. The number of hydrogen-bond acceptors (Lipinski definition) is 2. The lowest BCUT2D eigenvalue weighted by Gasteiger charge is -2.17. The Labute approximate surface area is 141 Å². The number of hydrogen-bond donors (Lipinski definition) is 2. The molecule has 0 aliphatic carbocycles. The normalized spacial score (nSPS) is 17.0. The molecule has 0 aromatic heterocycles. The predicted octanol–water partition coefficient (Wildman–Crippen LogP) is 3.23. The van der Waals surface area contributed by atoms with Crippen molar-refractivity contribution in [3.63, 3.8) is 0 Å². The van der Waals surface area contributed by atoms with Crippen molar-refractivity contribution >= 4 is 23.3 Å². The topological polar surface area (TPSA) is 61.4 Å². The molecule has 1 aliphatic rings. The molecule has 0 unspecified atom stereocenters. The lowest BCUT2D eigenvalue weighted by molar-refractivity contribution is -0.118. The summed E-state index contributed by atoms with van der Waals surface area (Å²) in [6.45, 7) is 4.58. The molecule has 124 valence electrons. The maximum atomic E-state index is 12.5. The van der Waals surface area contributed by atoms with Gasteiger partial charge in [0, 0.05) is 17.9 Å². The number of anilines is 2. The molecular weight excluding hydrogens is 302 g/mol. The maximum Gasteiger partial charge on any atom is 0.319 e. The lowest BCUT2D eigenvalue weighted by atomic mass is 10.2. The lowest BCUT2D eigenvalue weighted by Crippen LogP contribution is -2.43. The molecule has 3 rings (SSSR count). The van der Waals surface area contributed by atoms with Gasteiger partial charge in [0.05, 0.1) is 0 Å². The van der Waals surface area contributed by atoms with Gasteiger partial charge in [-0.1, -0.05) is 29.8 Å². The van der Waals surface area contributed by atoms with E-state index in [0.717, 1.165) is 16.8 Å². The SMILES string of the molecule is Cc1ccc(N2CC[C@H](NC(=O)Nc3cccc(C)c3)C2=O)cc1. The third-order valence-electron chi connectivity index (χ3n) is 4.13.